The van der Waals surface area contributed by atoms with E-state index in [1.165, 1.54) is 0 Å². The van der Waals surface area contributed by atoms with Crippen LogP contribution in [-0.2, 0) is 16.9 Å². The third-order valence-electron chi connectivity index (χ3n) is 5.88. The predicted molar refractivity (Wildman–Crippen MR) is 131 cm³/mol. The SMILES string of the molecule is CN1CCN(Cc2ccc(O[C@@](C)(CCOC(N)=O)c3cccs3)cc2)C(=O)c2cccnc21. The van der Waals surface area contributed by atoms with Gasteiger partial charge in [-0.3, -0.25) is 4.79 Å². The Morgan fingerprint density at radius 2 is 1.97 bits per heavy atom. The number of primary amides is 1. The summed E-state index contributed by atoms with van der Waals surface area (Å²) in [6.07, 6.45) is 1.37. The Labute approximate surface area is 202 Å². The maximum atomic E-state index is 13.1. The zero-order valence-corrected chi connectivity index (χ0v) is 20.1. The van der Waals surface area contributed by atoms with Gasteiger partial charge in [0.15, 0.2) is 0 Å². The minimum absolute atomic E-state index is 0.0208. The molecule has 2 aromatic heterocycles. The van der Waals surface area contributed by atoms with Crippen LogP contribution in [0, 0.1) is 0 Å². The third kappa shape index (κ3) is 5.31. The Balaban J connectivity index is 1.46. The van der Waals surface area contributed by atoms with Gasteiger partial charge in [0.25, 0.3) is 5.91 Å². The molecule has 0 bridgehead atoms. The molecule has 2 N–H and O–H groups in total. The summed E-state index contributed by atoms with van der Waals surface area (Å²) in [6, 6.07) is 15.3. The molecule has 8 nitrogen and oxygen atoms in total. The van der Waals surface area contributed by atoms with Crippen LogP contribution < -0.4 is 15.4 Å². The van der Waals surface area contributed by atoms with Gasteiger partial charge in [0.1, 0.15) is 17.2 Å². The van der Waals surface area contributed by atoms with Crippen molar-refractivity contribution >= 4 is 29.2 Å². The minimum Gasteiger partial charge on any atom is -0.482 e. The molecule has 1 aliphatic heterocycles. The van der Waals surface area contributed by atoms with E-state index >= 15 is 0 Å². The molecule has 1 aromatic carbocycles. The Morgan fingerprint density at radius 1 is 1.18 bits per heavy atom. The number of hydrogen-bond donors (Lipinski definition) is 1. The number of carbonyl (C=O) groups excluding carboxylic acids is 2. The fourth-order valence-electron chi connectivity index (χ4n) is 3.96. The summed E-state index contributed by atoms with van der Waals surface area (Å²) in [7, 11) is 1.95. The van der Waals surface area contributed by atoms with Gasteiger partial charge >= 0.3 is 6.09 Å². The summed E-state index contributed by atoms with van der Waals surface area (Å²) in [5.41, 5.74) is 6.06. The molecule has 3 aromatic rings. The van der Waals surface area contributed by atoms with E-state index in [-0.39, 0.29) is 12.5 Å². The highest BCUT2D eigenvalue weighted by Gasteiger charge is 2.31. The van der Waals surface area contributed by atoms with Crippen molar-refractivity contribution in [1.82, 2.24) is 9.88 Å². The van der Waals surface area contributed by atoms with Crippen LogP contribution in [0.5, 0.6) is 5.75 Å². The summed E-state index contributed by atoms with van der Waals surface area (Å²) in [5.74, 6) is 1.38. The number of likely N-dealkylation sites (N-methyl/N-ethyl adjacent to an activating group) is 1. The van der Waals surface area contributed by atoms with Gasteiger partial charge in [-0.05, 0) is 48.2 Å². The van der Waals surface area contributed by atoms with E-state index < -0.39 is 11.7 Å². The number of nitrogens with two attached hydrogens (primary N) is 1. The van der Waals surface area contributed by atoms with Gasteiger partial charge in [0.05, 0.1) is 12.2 Å². The van der Waals surface area contributed by atoms with Crippen molar-refractivity contribution < 1.29 is 19.1 Å². The largest absolute Gasteiger partial charge is 0.482 e. The number of rotatable bonds is 8. The smallest absolute Gasteiger partial charge is 0.404 e. The van der Waals surface area contributed by atoms with Crippen LogP contribution in [0.4, 0.5) is 10.6 Å². The first-order valence-electron chi connectivity index (χ1n) is 11.1. The second-order valence-corrected chi connectivity index (χ2v) is 9.34. The second-order valence-electron chi connectivity index (χ2n) is 8.39. The molecule has 0 aliphatic carbocycles. The van der Waals surface area contributed by atoms with Crippen LogP contribution in [-0.4, -0.2) is 48.6 Å². The average molecular weight is 481 g/mol. The number of anilines is 1. The van der Waals surface area contributed by atoms with Gasteiger partial charge in [-0.15, -0.1) is 11.3 Å². The van der Waals surface area contributed by atoms with Gasteiger partial charge in [0, 0.05) is 44.2 Å². The van der Waals surface area contributed by atoms with Crippen molar-refractivity contribution in [3.8, 4) is 5.75 Å². The van der Waals surface area contributed by atoms with E-state index in [1.807, 2.05) is 71.6 Å². The number of aromatic nitrogens is 1. The number of benzene rings is 1. The molecule has 0 saturated carbocycles. The van der Waals surface area contributed by atoms with Crippen LogP contribution >= 0.6 is 11.3 Å². The lowest BCUT2D eigenvalue weighted by Gasteiger charge is -2.30. The average Bonchev–Trinajstić information content (AvgIpc) is 3.34. The van der Waals surface area contributed by atoms with Gasteiger partial charge in [0.2, 0.25) is 0 Å². The molecule has 2 amide bonds. The first-order valence-corrected chi connectivity index (χ1v) is 11.9. The zero-order chi connectivity index (χ0) is 24.1. The predicted octanol–water partition coefficient (Wildman–Crippen LogP) is 4.01. The molecule has 1 aliphatic rings. The molecule has 9 heteroatoms. The molecule has 0 saturated heterocycles. The molecule has 0 unspecified atom stereocenters. The van der Waals surface area contributed by atoms with Crippen LogP contribution in [0.25, 0.3) is 0 Å². The first kappa shape index (κ1) is 23.6. The number of ether oxygens (including phenoxy) is 2. The maximum Gasteiger partial charge on any atom is 0.404 e. The molecule has 3 heterocycles. The number of fused-ring (bicyclic) bond motifs is 1. The molecular formula is C25H28N4O4S. The molecule has 4 rings (SSSR count). The van der Waals surface area contributed by atoms with Gasteiger partial charge in [-0.1, -0.05) is 18.2 Å². The van der Waals surface area contributed by atoms with Gasteiger partial charge in [-0.2, -0.15) is 0 Å². The number of nitrogens with zero attached hydrogens (tertiary/aromatic N) is 3. The van der Waals surface area contributed by atoms with Crippen molar-refractivity contribution in [3.63, 3.8) is 0 Å². The normalized spacial score (nSPS) is 15.3. The highest BCUT2D eigenvalue weighted by atomic mass is 32.1. The van der Waals surface area contributed by atoms with E-state index in [0.717, 1.165) is 10.4 Å². The lowest BCUT2D eigenvalue weighted by molar-refractivity contribution is 0.0529. The Hall–Kier alpha value is -3.59. The van der Waals surface area contributed by atoms with Crippen molar-refractivity contribution in [2.45, 2.75) is 25.5 Å². The zero-order valence-electron chi connectivity index (χ0n) is 19.3. The monoisotopic (exact) mass is 480 g/mol. The Bertz CT molecular complexity index is 1140. The van der Waals surface area contributed by atoms with Crippen LogP contribution in [0.2, 0.25) is 0 Å². The lowest BCUT2D eigenvalue weighted by atomic mass is 10.00. The molecule has 0 spiro atoms. The second kappa shape index (κ2) is 10.1. The number of hydrogen-bond acceptors (Lipinski definition) is 7. The highest BCUT2D eigenvalue weighted by Crippen LogP contribution is 2.34. The maximum absolute atomic E-state index is 13.1. The number of amides is 2. The summed E-state index contributed by atoms with van der Waals surface area (Å²) in [6.45, 7) is 3.94. The molecule has 0 fully saturated rings. The van der Waals surface area contributed by atoms with Crippen molar-refractivity contribution in [2.75, 3.05) is 31.6 Å². The summed E-state index contributed by atoms with van der Waals surface area (Å²) >= 11 is 1.58. The topological polar surface area (TPSA) is 98.0 Å². The minimum atomic E-state index is -0.800. The molecular weight excluding hydrogens is 452 g/mol. The van der Waals surface area contributed by atoms with E-state index in [4.69, 9.17) is 15.2 Å². The Kier molecular flexibility index (Phi) is 7.02. The third-order valence-corrected chi connectivity index (χ3v) is 6.99. The Morgan fingerprint density at radius 3 is 2.68 bits per heavy atom. The van der Waals surface area contributed by atoms with E-state index in [9.17, 15) is 9.59 Å². The lowest BCUT2D eigenvalue weighted by Crippen LogP contribution is -2.33. The van der Waals surface area contributed by atoms with E-state index in [2.05, 4.69) is 4.98 Å². The van der Waals surface area contributed by atoms with Crippen LogP contribution in [0.3, 0.4) is 0 Å². The standard InChI is InChI=1S/C25H28N4O4S/c1-25(11-15-32-24(26)31,21-6-4-16-34-21)33-19-9-7-18(8-10-19)17-29-14-13-28(2)22-20(23(29)30)5-3-12-27-22/h3-10,12,16H,11,13-15,17H2,1-2H3,(H2,26,31)/t25-/m0/s1. The van der Waals surface area contributed by atoms with E-state index in [0.29, 0.717) is 43.2 Å². The molecule has 0 radical (unpaired) electrons. The van der Waals surface area contributed by atoms with Gasteiger partial charge in [-0.25, -0.2) is 9.78 Å². The number of thiophene rings is 1. The van der Waals surface area contributed by atoms with Crippen molar-refractivity contribution in [3.05, 3.63) is 76.1 Å². The van der Waals surface area contributed by atoms with Gasteiger partial charge < -0.3 is 25.0 Å². The van der Waals surface area contributed by atoms with Crippen LogP contribution in [0.1, 0.15) is 34.1 Å². The summed E-state index contributed by atoms with van der Waals surface area (Å²) in [4.78, 5) is 33.4. The molecule has 34 heavy (non-hydrogen) atoms. The van der Waals surface area contributed by atoms with Crippen molar-refractivity contribution in [2.24, 2.45) is 5.73 Å². The van der Waals surface area contributed by atoms with Crippen molar-refractivity contribution in [1.29, 1.82) is 0 Å². The first-order chi connectivity index (χ1) is 16.4. The number of carbonyl (C=O) groups is 2. The quantitative estimate of drug-likeness (QED) is 0.523. The summed E-state index contributed by atoms with van der Waals surface area (Å²) in [5, 5.41) is 1.98. The summed E-state index contributed by atoms with van der Waals surface area (Å²) < 4.78 is 11.3. The molecule has 178 valence electrons. The fourth-order valence-corrected chi connectivity index (χ4v) is 4.82. The van der Waals surface area contributed by atoms with Crippen LogP contribution in [0.15, 0.2) is 60.1 Å². The fraction of sp³-hybridized carbons (Fsp3) is 0.320. The van der Waals surface area contributed by atoms with E-state index in [1.54, 1.807) is 23.6 Å². The molecule has 1 atom stereocenters. The number of pyridine rings is 1. The highest BCUT2D eigenvalue weighted by molar-refractivity contribution is 7.10.